The second-order valence-electron chi connectivity index (χ2n) is 8.20. The number of hydrogen-bond acceptors (Lipinski definition) is 4. The van der Waals surface area contributed by atoms with E-state index in [2.05, 4.69) is 26.1 Å². The molecule has 3 rings (SSSR count). The molecule has 2 aromatic rings. The van der Waals surface area contributed by atoms with Gasteiger partial charge in [0, 0.05) is 37.4 Å². The van der Waals surface area contributed by atoms with Gasteiger partial charge in [0.1, 0.15) is 11.4 Å². The lowest BCUT2D eigenvalue weighted by Gasteiger charge is -2.37. The molecule has 0 spiro atoms. The minimum Gasteiger partial charge on any atom is -0.444 e. The maximum Gasteiger partial charge on any atom is 0.410 e. The highest BCUT2D eigenvalue weighted by Gasteiger charge is 2.26. The average molecular weight is 573 g/mol. The van der Waals surface area contributed by atoms with Crippen LogP contribution in [-0.2, 0) is 4.74 Å². The highest BCUT2D eigenvalue weighted by atomic mass is 79.9. The van der Waals surface area contributed by atoms with Crippen molar-refractivity contribution in [3.05, 3.63) is 57.3 Å². The van der Waals surface area contributed by atoms with Crippen molar-refractivity contribution < 1.29 is 18.7 Å². The number of rotatable bonds is 3. The maximum atomic E-state index is 13.7. The van der Waals surface area contributed by atoms with Crippen LogP contribution in [0.2, 0.25) is 5.02 Å². The molecule has 194 valence electrons. The van der Waals surface area contributed by atoms with Gasteiger partial charge in [-0.1, -0.05) is 39.3 Å². The van der Waals surface area contributed by atoms with Gasteiger partial charge in [0.25, 0.3) is 5.91 Å². The van der Waals surface area contributed by atoms with Crippen LogP contribution in [-0.4, -0.2) is 48.7 Å². The number of halogens is 3. The van der Waals surface area contributed by atoms with E-state index in [9.17, 15) is 14.0 Å². The van der Waals surface area contributed by atoms with Crippen molar-refractivity contribution in [2.24, 2.45) is 0 Å². The zero-order valence-corrected chi connectivity index (χ0v) is 23.9. The normalized spacial score (nSPS) is 13.1. The summed E-state index contributed by atoms with van der Waals surface area (Å²) in [5.41, 5.74) is 1.01. The van der Waals surface area contributed by atoms with E-state index >= 15 is 0 Å². The molecule has 1 aliphatic rings. The standard InChI is InChI=1S/C22H24BrClFN3O3.2C2H6/c1-22(2,3)31-21(30)28-10-8-27(9-11-28)19-7-5-15(13-17(19)24)26-20(29)14-4-6-16(23)18(25)12-14;2*1-2/h4-7,12-13H,8-11H2,1-3H3,(H,26,29);2*1-2H3. The summed E-state index contributed by atoms with van der Waals surface area (Å²) in [4.78, 5) is 28.4. The van der Waals surface area contributed by atoms with Gasteiger partial charge in [0.15, 0.2) is 0 Å². The molecule has 2 amide bonds. The second-order valence-corrected chi connectivity index (χ2v) is 9.47. The number of ether oxygens (including phenoxy) is 1. The summed E-state index contributed by atoms with van der Waals surface area (Å²) in [6, 6.07) is 9.40. The van der Waals surface area contributed by atoms with Gasteiger partial charge < -0.3 is 19.9 Å². The molecule has 1 N–H and O–H groups in total. The van der Waals surface area contributed by atoms with E-state index in [1.165, 1.54) is 18.2 Å². The molecule has 1 fully saturated rings. The number of hydrogen-bond donors (Lipinski definition) is 1. The first-order valence-corrected chi connectivity index (χ1v) is 13.0. The minimum atomic E-state index is -0.528. The molecule has 9 heteroatoms. The Bertz CT molecular complexity index is 990. The van der Waals surface area contributed by atoms with E-state index < -0.39 is 17.3 Å². The molecule has 0 radical (unpaired) electrons. The zero-order chi connectivity index (χ0) is 26.8. The van der Waals surface area contributed by atoms with Crippen molar-refractivity contribution in [3.63, 3.8) is 0 Å². The third kappa shape index (κ3) is 9.33. The van der Waals surface area contributed by atoms with Crippen LogP contribution < -0.4 is 10.2 Å². The largest absolute Gasteiger partial charge is 0.444 e. The first kappa shape index (κ1) is 30.7. The Morgan fingerprint density at radius 1 is 1.00 bits per heavy atom. The van der Waals surface area contributed by atoms with Crippen molar-refractivity contribution in [2.45, 2.75) is 54.1 Å². The van der Waals surface area contributed by atoms with Crippen LogP contribution in [0.25, 0.3) is 0 Å². The number of nitrogens with zero attached hydrogens (tertiary/aromatic N) is 2. The molecular formula is C26H36BrClFN3O3. The Morgan fingerprint density at radius 3 is 2.11 bits per heavy atom. The SMILES string of the molecule is CC.CC.CC(C)(C)OC(=O)N1CCN(c2ccc(NC(=O)c3ccc(Br)c(F)c3)cc2Cl)CC1. The summed E-state index contributed by atoms with van der Waals surface area (Å²) in [6.07, 6.45) is -0.319. The fourth-order valence-electron chi connectivity index (χ4n) is 3.14. The Morgan fingerprint density at radius 2 is 1.60 bits per heavy atom. The quantitative estimate of drug-likeness (QED) is 0.411. The molecule has 0 aromatic heterocycles. The molecule has 0 saturated carbocycles. The Labute approximate surface area is 221 Å². The lowest BCUT2D eigenvalue weighted by Crippen LogP contribution is -2.50. The van der Waals surface area contributed by atoms with E-state index in [0.29, 0.717) is 41.4 Å². The molecule has 0 aliphatic carbocycles. The average Bonchev–Trinajstić information content (AvgIpc) is 2.82. The Balaban J connectivity index is 0.00000145. The van der Waals surface area contributed by atoms with Gasteiger partial charge >= 0.3 is 6.09 Å². The minimum absolute atomic E-state index is 0.208. The topological polar surface area (TPSA) is 61.9 Å². The monoisotopic (exact) mass is 571 g/mol. The Kier molecular flexibility index (Phi) is 12.5. The van der Waals surface area contributed by atoms with E-state index in [-0.39, 0.29) is 11.7 Å². The molecule has 1 aliphatic heterocycles. The first-order chi connectivity index (χ1) is 16.5. The van der Waals surface area contributed by atoms with Gasteiger partial charge in [-0.25, -0.2) is 9.18 Å². The lowest BCUT2D eigenvalue weighted by molar-refractivity contribution is 0.0240. The third-order valence-corrected chi connectivity index (χ3v) is 5.61. The number of piperazine rings is 1. The van der Waals surface area contributed by atoms with Crippen LogP contribution in [0.15, 0.2) is 40.9 Å². The fraction of sp³-hybridized carbons (Fsp3) is 0.462. The fourth-order valence-corrected chi connectivity index (χ4v) is 3.68. The highest BCUT2D eigenvalue weighted by molar-refractivity contribution is 9.10. The predicted molar refractivity (Wildman–Crippen MR) is 146 cm³/mol. The maximum absolute atomic E-state index is 13.7. The Hall–Kier alpha value is -2.32. The summed E-state index contributed by atoms with van der Waals surface area (Å²) in [7, 11) is 0. The van der Waals surface area contributed by atoms with Crippen LogP contribution in [0, 0.1) is 5.82 Å². The molecule has 0 unspecified atom stereocenters. The summed E-state index contributed by atoms with van der Waals surface area (Å²) in [5.74, 6) is -0.937. The van der Waals surface area contributed by atoms with Gasteiger partial charge in [0.05, 0.1) is 15.2 Å². The zero-order valence-electron chi connectivity index (χ0n) is 21.5. The molecule has 35 heavy (non-hydrogen) atoms. The molecule has 6 nitrogen and oxygen atoms in total. The molecule has 0 bridgehead atoms. The van der Waals surface area contributed by atoms with Crippen molar-refractivity contribution in [2.75, 3.05) is 36.4 Å². The van der Waals surface area contributed by atoms with Gasteiger partial charge in [0.2, 0.25) is 0 Å². The van der Waals surface area contributed by atoms with E-state index in [4.69, 9.17) is 16.3 Å². The predicted octanol–water partition coefficient (Wildman–Crippen LogP) is 7.60. The molecular weight excluding hydrogens is 537 g/mol. The van der Waals surface area contributed by atoms with Gasteiger partial charge in [-0.15, -0.1) is 0 Å². The van der Waals surface area contributed by atoms with Crippen LogP contribution in [0.3, 0.4) is 0 Å². The van der Waals surface area contributed by atoms with Gasteiger partial charge in [-0.05, 0) is 73.1 Å². The van der Waals surface area contributed by atoms with Gasteiger partial charge in [-0.3, -0.25) is 4.79 Å². The number of anilines is 2. The third-order valence-electron chi connectivity index (χ3n) is 4.66. The lowest BCUT2D eigenvalue weighted by atomic mass is 10.2. The molecule has 0 atom stereocenters. The number of nitrogens with one attached hydrogen (secondary N) is 1. The number of carbonyl (C=O) groups excluding carboxylic acids is 2. The number of amides is 2. The van der Waals surface area contributed by atoms with E-state index in [0.717, 1.165) is 5.69 Å². The first-order valence-electron chi connectivity index (χ1n) is 11.8. The smallest absolute Gasteiger partial charge is 0.410 e. The van der Waals surface area contributed by atoms with Crippen molar-refractivity contribution in [3.8, 4) is 0 Å². The highest BCUT2D eigenvalue weighted by Crippen LogP contribution is 2.30. The summed E-state index contributed by atoms with van der Waals surface area (Å²) >= 11 is 9.53. The second kappa shape index (κ2) is 14.3. The van der Waals surface area contributed by atoms with E-state index in [1.807, 2.05) is 54.5 Å². The van der Waals surface area contributed by atoms with Crippen molar-refractivity contribution in [1.29, 1.82) is 0 Å². The molecule has 2 aromatic carbocycles. The number of benzene rings is 2. The van der Waals surface area contributed by atoms with Crippen molar-refractivity contribution in [1.82, 2.24) is 4.90 Å². The van der Waals surface area contributed by atoms with Crippen LogP contribution in [0.4, 0.5) is 20.6 Å². The number of carbonyl (C=O) groups is 2. The van der Waals surface area contributed by atoms with E-state index in [1.54, 1.807) is 17.0 Å². The summed E-state index contributed by atoms with van der Waals surface area (Å²) < 4.78 is 19.4. The van der Waals surface area contributed by atoms with Crippen LogP contribution in [0.5, 0.6) is 0 Å². The van der Waals surface area contributed by atoms with Gasteiger partial charge in [-0.2, -0.15) is 0 Å². The molecule has 1 saturated heterocycles. The van der Waals surface area contributed by atoms with Crippen LogP contribution in [0.1, 0.15) is 58.8 Å². The van der Waals surface area contributed by atoms with Crippen LogP contribution >= 0.6 is 27.5 Å². The summed E-state index contributed by atoms with van der Waals surface area (Å²) in [5, 5.41) is 3.20. The molecule has 1 heterocycles. The van der Waals surface area contributed by atoms with Crippen molar-refractivity contribution >= 4 is 50.9 Å². The summed E-state index contributed by atoms with van der Waals surface area (Å²) in [6.45, 7) is 15.8.